The Labute approximate surface area is 642 Å². The van der Waals surface area contributed by atoms with Crippen LogP contribution in [0.5, 0.6) is 0 Å². The Balaban J connectivity index is 1.98. The molecular weight excluding hydrogens is 1430 g/mol. The highest BCUT2D eigenvalue weighted by Crippen LogP contribution is 2.27. The number of amides is 13. The van der Waals surface area contributed by atoms with Crippen molar-refractivity contribution in [1.82, 2.24) is 63.0 Å². The number of benzene rings is 1. The molecule has 616 valence electrons. The van der Waals surface area contributed by atoms with Gasteiger partial charge in [0.15, 0.2) is 23.8 Å². The van der Waals surface area contributed by atoms with Gasteiger partial charge in [0, 0.05) is 52.6 Å². The number of hydrogen-bond acceptors (Lipinski definition) is 19. The molecule has 13 amide bonds. The van der Waals surface area contributed by atoms with Gasteiger partial charge in [0.25, 0.3) is 0 Å². The van der Waals surface area contributed by atoms with Crippen molar-refractivity contribution < 1.29 is 62.3 Å². The first-order chi connectivity index (χ1) is 52.2. The van der Waals surface area contributed by atoms with E-state index < -0.39 is 156 Å². The highest BCUT2D eigenvalue weighted by molar-refractivity contribution is 6.00. The molecule has 2 heterocycles. The Kier molecular flexibility index (Phi) is 42.6. The number of guanidine groups is 4. The fourth-order valence-corrected chi connectivity index (χ4v) is 12.5. The van der Waals surface area contributed by atoms with Crippen LogP contribution in [0.2, 0.25) is 0 Å². The third kappa shape index (κ3) is 35.1. The van der Waals surface area contributed by atoms with Crippen LogP contribution in [0, 0.1) is 11.8 Å². The van der Waals surface area contributed by atoms with E-state index in [-0.39, 0.29) is 165 Å². The van der Waals surface area contributed by atoms with Crippen LogP contribution < -0.4 is 116 Å². The molecule has 11 atom stereocenters. The van der Waals surface area contributed by atoms with Crippen molar-refractivity contribution in [3.05, 3.63) is 35.9 Å². The van der Waals surface area contributed by atoms with Gasteiger partial charge in [-0.1, -0.05) is 58.0 Å². The Morgan fingerprint density at radius 1 is 0.436 bits per heavy atom. The normalized spacial score (nSPS) is 16.3. The van der Waals surface area contributed by atoms with Crippen LogP contribution in [0.4, 0.5) is 0 Å². The van der Waals surface area contributed by atoms with Crippen LogP contribution in [-0.4, -0.2) is 236 Å². The van der Waals surface area contributed by atoms with Crippen molar-refractivity contribution in [3.63, 3.8) is 0 Å². The van der Waals surface area contributed by atoms with E-state index in [9.17, 15) is 52.7 Å². The minimum absolute atomic E-state index is 0.0105. The standard InChI is InChI=1S/C70H123N27O13/c1-40(2)37-50(61(105)91-47(24-14-32-83-68(76)77)58(102)89-48(25-15-33-84-69(78)79)60(104)95-55(41(3)4)64(108)88-44(56(73)100)23-13-31-82-67(74)75)94-63(107)52-27-17-35-96(52)66(110)53-28-18-36-97(53)65(109)49(26-16-34-85-70(80)81)92-59(103)46(22-10-12-30-72)90-62(106)51(38-43-19-7-6-8-20-43)93-57(101)45(21-9-11-29-71)87-54(99)39-86-42(5)98/h6-8,19-20,40-41,44-53,55H,9-18,21-39,71-72H2,1-5H3,(H2,73,100)(H,86,98)(H,87,99)(H,88,108)(H,89,102)(H,90,106)(H,91,105)(H,92,103)(H,93,101)(H,94,107)(H,95,104)(H4,74,75,82)(H4,76,77,83)(H4,78,79,84)(H4,80,81,85)/t44-,45-,46-,47-,48-,49-,50-,51-,52-,53-,55-/m0/s1. The van der Waals surface area contributed by atoms with E-state index in [1.165, 1.54) is 16.7 Å². The molecule has 1 aromatic rings. The summed E-state index contributed by atoms with van der Waals surface area (Å²) in [6, 6.07) is -5.22. The zero-order valence-corrected chi connectivity index (χ0v) is 64.2. The van der Waals surface area contributed by atoms with Gasteiger partial charge < -0.3 is 126 Å². The molecular formula is C70H123N27O13. The Morgan fingerprint density at radius 2 is 0.827 bits per heavy atom. The van der Waals surface area contributed by atoms with E-state index in [1.54, 1.807) is 58.0 Å². The Hall–Kier alpha value is -10.7. The van der Waals surface area contributed by atoms with Crippen molar-refractivity contribution >= 4 is 101 Å². The van der Waals surface area contributed by atoms with Crippen LogP contribution in [0.3, 0.4) is 0 Å². The molecule has 0 saturated carbocycles. The van der Waals surface area contributed by atoms with Crippen LogP contribution in [0.15, 0.2) is 50.3 Å². The highest BCUT2D eigenvalue weighted by atomic mass is 16.2. The minimum Gasteiger partial charge on any atom is -0.370 e. The van der Waals surface area contributed by atoms with Crippen LogP contribution >= 0.6 is 0 Å². The lowest BCUT2D eigenvalue weighted by Gasteiger charge is -2.34. The molecule has 0 radical (unpaired) electrons. The third-order valence-electron chi connectivity index (χ3n) is 18.2. The highest BCUT2D eigenvalue weighted by Gasteiger charge is 2.45. The molecule has 40 nitrogen and oxygen atoms in total. The van der Waals surface area contributed by atoms with Crippen LogP contribution in [0.25, 0.3) is 0 Å². The zero-order valence-electron chi connectivity index (χ0n) is 64.2. The van der Waals surface area contributed by atoms with E-state index in [0.717, 1.165) is 0 Å². The van der Waals surface area contributed by atoms with Crippen molar-refractivity contribution in [2.45, 2.75) is 229 Å². The zero-order chi connectivity index (χ0) is 82.0. The summed E-state index contributed by atoms with van der Waals surface area (Å²) in [4.78, 5) is 202. The average Bonchev–Trinajstić information content (AvgIpc) is 1.63. The number of hydrogen-bond donors (Lipinski definition) is 21. The van der Waals surface area contributed by atoms with E-state index >= 15 is 9.59 Å². The number of nitrogens with two attached hydrogens (primary N) is 11. The molecule has 0 unspecified atom stereocenters. The molecule has 2 aliphatic heterocycles. The molecule has 2 fully saturated rings. The number of nitrogens with one attached hydrogen (secondary N) is 10. The molecule has 3 rings (SSSR count). The summed E-state index contributed by atoms with van der Waals surface area (Å²) in [6.45, 7) is 8.61. The van der Waals surface area contributed by atoms with Gasteiger partial charge in [-0.15, -0.1) is 0 Å². The number of rotatable bonds is 51. The third-order valence-corrected chi connectivity index (χ3v) is 18.2. The van der Waals surface area contributed by atoms with E-state index in [2.05, 4.69) is 73.1 Å². The maximum atomic E-state index is 15.1. The Bertz CT molecular complexity index is 3310. The lowest BCUT2D eigenvalue weighted by molar-refractivity contribution is -0.148. The quantitative estimate of drug-likeness (QED) is 0.0164. The summed E-state index contributed by atoms with van der Waals surface area (Å²) < 4.78 is 0. The summed E-state index contributed by atoms with van der Waals surface area (Å²) in [5, 5.41) is 27.0. The first kappa shape index (κ1) is 93.5. The summed E-state index contributed by atoms with van der Waals surface area (Å²) in [6.07, 6.45) is 3.35. The van der Waals surface area contributed by atoms with Gasteiger partial charge in [-0.2, -0.15) is 0 Å². The molecule has 0 aliphatic carbocycles. The minimum atomic E-state index is -1.41. The van der Waals surface area contributed by atoms with Crippen molar-refractivity contribution in [1.29, 1.82) is 0 Å². The van der Waals surface area contributed by atoms with E-state index in [1.807, 2.05) is 0 Å². The second-order valence-corrected chi connectivity index (χ2v) is 28.2. The second kappa shape index (κ2) is 50.1. The maximum absolute atomic E-state index is 15.1. The molecule has 2 saturated heterocycles. The average molecular weight is 1550 g/mol. The first-order valence-electron chi connectivity index (χ1n) is 37.7. The topological polar surface area (TPSA) is 684 Å². The van der Waals surface area contributed by atoms with Crippen LogP contribution in [-0.2, 0) is 68.7 Å². The molecule has 32 N–H and O–H groups in total. The molecule has 2 aliphatic rings. The number of likely N-dealkylation sites (tertiary alicyclic amines) is 2. The van der Waals surface area contributed by atoms with Gasteiger partial charge in [-0.25, -0.2) is 0 Å². The van der Waals surface area contributed by atoms with Gasteiger partial charge in [0.1, 0.15) is 66.5 Å². The summed E-state index contributed by atoms with van der Waals surface area (Å²) in [5.74, 6) is -11.1. The number of carbonyl (C=O) groups excluding carboxylic acids is 13. The number of nitrogens with zero attached hydrogens (tertiary/aromatic N) is 6. The van der Waals surface area contributed by atoms with Gasteiger partial charge in [-0.05, 0) is 152 Å². The number of primary amides is 1. The lowest BCUT2D eigenvalue weighted by Crippen LogP contribution is -2.61. The fourth-order valence-electron chi connectivity index (χ4n) is 12.5. The number of unbranched alkanes of at least 4 members (excludes halogenated alkanes) is 2. The number of aliphatic imine (C=N–C) groups is 4. The predicted molar refractivity (Wildman–Crippen MR) is 415 cm³/mol. The molecule has 0 spiro atoms. The number of carbonyl (C=O) groups is 13. The Morgan fingerprint density at radius 3 is 1.27 bits per heavy atom. The summed E-state index contributed by atoms with van der Waals surface area (Å²) in [7, 11) is 0. The summed E-state index contributed by atoms with van der Waals surface area (Å²) >= 11 is 0. The van der Waals surface area contributed by atoms with Crippen molar-refractivity contribution in [2.75, 3.05) is 58.9 Å². The van der Waals surface area contributed by atoms with Crippen molar-refractivity contribution in [2.24, 2.45) is 94.9 Å². The van der Waals surface area contributed by atoms with E-state index in [4.69, 9.17) is 63.1 Å². The monoisotopic (exact) mass is 1550 g/mol. The van der Waals surface area contributed by atoms with Crippen molar-refractivity contribution in [3.8, 4) is 0 Å². The first-order valence-corrected chi connectivity index (χ1v) is 37.7. The van der Waals surface area contributed by atoms with Crippen LogP contribution in [0.1, 0.15) is 162 Å². The fraction of sp³-hybridized carbons (Fsp3) is 0.671. The predicted octanol–water partition coefficient (Wildman–Crippen LogP) is -6.63. The lowest BCUT2D eigenvalue weighted by atomic mass is 10.00. The van der Waals surface area contributed by atoms with Gasteiger partial charge in [0.05, 0.1) is 6.54 Å². The molecule has 0 aromatic heterocycles. The molecule has 40 heteroatoms. The smallest absolute Gasteiger partial charge is 0.246 e. The molecule has 110 heavy (non-hydrogen) atoms. The molecule has 0 bridgehead atoms. The van der Waals surface area contributed by atoms with Gasteiger partial charge >= 0.3 is 0 Å². The largest absolute Gasteiger partial charge is 0.370 e. The maximum Gasteiger partial charge on any atom is 0.246 e. The molecule has 1 aromatic carbocycles. The van der Waals surface area contributed by atoms with Gasteiger partial charge in [0.2, 0.25) is 76.8 Å². The van der Waals surface area contributed by atoms with E-state index in [0.29, 0.717) is 50.6 Å². The van der Waals surface area contributed by atoms with Gasteiger partial charge in [-0.3, -0.25) is 82.3 Å². The second-order valence-electron chi connectivity index (χ2n) is 28.2. The summed E-state index contributed by atoms with van der Waals surface area (Å²) in [5.41, 5.74) is 62.5. The SMILES string of the molecule is CC(=O)NCC(=O)N[C@@H](CCCCN)C(=O)N[C@@H](Cc1ccccc1)C(=O)N[C@@H](CCCCN)C(=O)N[C@@H](CCCN=C(N)N)C(=O)N1CCC[C@H]1C(=O)N1CCC[C@H]1C(=O)N[C@@H](CC(C)C)C(=O)N[C@@H](CCCN=C(N)N)C(=O)N[C@@H](CCCN=C(N)N)C(=O)N[C@H](C(=O)N[C@@H](CCCN=C(N)N)C(N)=O)C(C)C.